The van der Waals surface area contributed by atoms with Crippen molar-refractivity contribution in [1.82, 2.24) is 0 Å². The standard InChI is InChI=1S/C13H24/c1-6-9-13(10-7-2,11-8-3)12(4)5/h6-7,12H,1-2,8-11H2,3-5H3. The average Bonchev–Trinajstić information content (AvgIpc) is 2.05. The van der Waals surface area contributed by atoms with Crippen LogP contribution in [-0.4, -0.2) is 0 Å². The normalized spacial score (nSPS) is 11.7. The van der Waals surface area contributed by atoms with Gasteiger partial charge in [0.2, 0.25) is 0 Å². The topological polar surface area (TPSA) is 0 Å². The molecule has 0 saturated heterocycles. The zero-order valence-corrected chi connectivity index (χ0v) is 9.47. The summed E-state index contributed by atoms with van der Waals surface area (Å²) < 4.78 is 0. The quantitative estimate of drug-likeness (QED) is 0.503. The first-order chi connectivity index (χ1) is 6.13. The SMILES string of the molecule is C=CCC(CC=C)(CCC)C(C)C. The van der Waals surface area contributed by atoms with Crippen molar-refractivity contribution in [3.05, 3.63) is 25.3 Å². The Bertz CT molecular complexity index is 143. The van der Waals surface area contributed by atoms with E-state index in [1.165, 1.54) is 12.8 Å². The summed E-state index contributed by atoms with van der Waals surface area (Å²) in [6.45, 7) is 14.6. The van der Waals surface area contributed by atoms with Gasteiger partial charge in [-0.2, -0.15) is 0 Å². The van der Waals surface area contributed by atoms with Crippen LogP contribution in [0.15, 0.2) is 25.3 Å². The highest BCUT2D eigenvalue weighted by molar-refractivity contribution is 4.93. The van der Waals surface area contributed by atoms with Crippen LogP contribution in [0.3, 0.4) is 0 Å². The molecule has 0 heteroatoms. The van der Waals surface area contributed by atoms with E-state index in [1.807, 2.05) is 0 Å². The molecule has 0 radical (unpaired) electrons. The molecule has 13 heavy (non-hydrogen) atoms. The Kier molecular flexibility index (Phi) is 5.77. The first-order valence-electron chi connectivity index (χ1n) is 5.34. The Labute approximate surface area is 83.7 Å². The molecule has 0 N–H and O–H groups in total. The maximum absolute atomic E-state index is 3.86. The fourth-order valence-corrected chi connectivity index (χ4v) is 2.12. The molecule has 0 aliphatic carbocycles. The van der Waals surface area contributed by atoms with Crippen molar-refractivity contribution >= 4 is 0 Å². The molecule has 76 valence electrons. The molecule has 0 heterocycles. The Morgan fingerprint density at radius 2 is 1.62 bits per heavy atom. The smallest absolute Gasteiger partial charge is 0.0206 e. The number of hydrogen-bond donors (Lipinski definition) is 0. The van der Waals surface area contributed by atoms with Crippen molar-refractivity contribution in [3.8, 4) is 0 Å². The Hall–Kier alpha value is -0.520. The first kappa shape index (κ1) is 12.5. The van der Waals surface area contributed by atoms with E-state index in [-0.39, 0.29) is 0 Å². The molecule has 0 spiro atoms. The van der Waals surface area contributed by atoms with Crippen LogP contribution < -0.4 is 0 Å². The third-order valence-electron chi connectivity index (χ3n) is 3.07. The largest absolute Gasteiger partial charge is 0.103 e. The fraction of sp³-hybridized carbons (Fsp3) is 0.692. The second-order valence-electron chi connectivity index (χ2n) is 4.25. The molecule has 0 rings (SSSR count). The van der Waals surface area contributed by atoms with Crippen LogP contribution in [0.1, 0.15) is 46.5 Å². The van der Waals surface area contributed by atoms with E-state index < -0.39 is 0 Å². The van der Waals surface area contributed by atoms with Crippen LogP contribution in [0.25, 0.3) is 0 Å². The van der Waals surface area contributed by atoms with E-state index in [2.05, 4.69) is 46.1 Å². The van der Waals surface area contributed by atoms with Crippen molar-refractivity contribution in [1.29, 1.82) is 0 Å². The Balaban J connectivity index is 4.56. The highest BCUT2D eigenvalue weighted by atomic mass is 14.3. The van der Waals surface area contributed by atoms with Gasteiger partial charge in [-0.25, -0.2) is 0 Å². The lowest BCUT2D eigenvalue weighted by molar-refractivity contribution is 0.174. The third kappa shape index (κ3) is 3.38. The highest BCUT2D eigenvalue weighted by Gasteiger charge is 2.29. The molecule has 0 aromatic carbocycles. The molecule has 0 nitrogen and oxygen atoms in total. The lowest BCUT2D eigenvalue weighted by Gasteiger charge is -2.36. The molecule has 0 aromatic heterocycles. The molecule has 0 bridgehead atoms. The lowest BCUT2D eigenvalue weighted by Crippen LogP contribution is -2.26. The molecular weight excluding hydrogens is 156 g/mol. The van der Waals surface area contributed by atoms with Crippen LogP contribution in [0.4, 0.5) is 0 Å². The average molecular weight is 180 g/mol. The summed E-state index contributed by atoms with van der Waals surface area (Å²) in [5.41, 5.74) is 0.415. The second-order valence-corrected chi connectivity index (χ2v) is 4.25. The van der Waals surface area contributed by atoms with Crippen LogP contribution in [0.2, 0.25) is 0 Å². The summed E-state index contributed by atoms with van der Waals surface area (Å²) in [6.07, 6.45) is 8.87. The van der Waals surface area contributed by atoms with Crippen molar-refractivity contribution < 1.29 is 0 Å². The van der Waals surface area contributed by atoms with Gasteiger partial charge in [-0.3, -0.25) is 0 Å². The number of hydrogen-bond acceptors (Lipinski definition) is 0. The zero-order valence-electron chi connectivity index (χ0n) is 9.47. The van der Waals surface area contributed by atoms with Crippen molar-refractivity contribution in [2.45, 2.75) is 46.5 Å². The molecule has 0 aliphatic rings. The zero-order chi connectivity index (χ0) is 10.3. The maximum Gasteiger partial charge on any atom is -0.0206 e. The molecule has 0 atom stereocenters. The van der Waals surface area contributed by atoms with Crippen molar-refractivity contribution in [3.63, 3.8) is 0 Å². The summed E-state index contributed by atoms with van der Waals surface area (Å²) >= 11 is 0. The predicted octanol–water partition coefficient (Wildman–Crippen LogP) is 4.58. The highest BCUT2D eigenvalue weighted by Crippen LogP contribution is 2.40. The summed E-state index contributed by atoms with van der Waals surface area (Å²) in [5.74, 6) is 0.712. The number of rotatable bonds is 7. The fourth-order valence-electron chi connectivity index (χ4n) is 2.12. The third-order valence-corrected chi connectivity index (χ3v) is 3.07. The molecule has 0 aromatic rings. The van der Waals surface area contributed by atoms with Gasteiger partial charge in [0.05, 0.1) is 0 Å². The van der Waals surface area contributed by atoms with Crippen molar-refractivity contribution in [2.24, 2.45) is 11.3 Å². The molecule has 0 saturated carbocycles. The van der Waals surface area contributed by atoms with Gasteiger partial charge in [0.1, 0.15) is 0 Å². The van der Waals surface area contributed by atoms with E-state index in [9.17, 15) is 0 Å². The van der Waals surface area contributed by atoms with Crippen LogP contribution in [-0.2, 0) is 0 Å². The van der Waals surface area contributed by atoms with Gasteiger partial charge in [0.15, 0.2) is 0 Å². The Morgan fingerprint density at radius 3 is 1.85 bits per heavy atom. The molecule has 0 amide bonds. The van der Waals surface area contributed by atoms with Gasteiger partial charge in [-0.15, -0.1) is 13.2 Å². The molecule has 0 unspecified atom stereocenters. The van der Waals surface area contributed by atoms with E-state index in [1.54, 1.807) is 0 Å². The van der Waals surface area contributed by atoms with Gasteiger partial charge in [0, 0.05) is 0 Å². The van der Waals surface area contributed by atoms with Crippen LogP contribution >= 0.6 is 0 Å². The summed E-state index contributed by atoms with van der Waals surface area (Å²) in [7, 11) is 0. The van der Waals surface area contributed by atoms with E-state index in [4.69, 9.17) is 0 Å². The van der Waals surface area contributed by atoms with Gasteiger partial charge in [0.25, 0.3) is 0 Å². The van der Waals surface area contributed by atoms with Crippen LogP contribution in [0, 0.1) is 11.3 Å². The summed E-state index contributed by atoms with van der Waals surface area (Å²) in [6, 6.07) is 0. The number of allylic oxidation sites excluding steroid dienone is 2. The molecular formula is C13H24. The monoisotopic (exact) mass is 180 g/mol. The summed E-state index contributed by atoms with van der Waals surface area (Å²) in [4.78, 5) is 0. The predicted molar refractivity (Wildman–Crippen MR) is 61.8 cm³/mol. The van der Waals surface area contributed by atoms with Gasteiger partial charge in [-0.05, 0) is 30.6 Å². The minimum Gasteiger partial charge on any atom is -0.103 e. The van der Waals surface area contributed by atoms with E-state index in [0.717, 1.165) is 12.8 Å². The minimum absolute atomic E-state index is 0.415. The van der Waals surface area contributed by atoms with Gasteiger partial charge < -0.3 is 0 Å². The van der Waals surface area contributed by atoms with Gasteiger partial charge >= 0.3 is 0 Å². The maximum atomic E-state index is 3.86. The molecule has 0 fully saturated rings. The Morgan fingerprint density at radius 1 is 1.15 bits per heavy atom. The minimum atomic E-state index is 0.415. The van der Waals surface area contributed by atoms with E-state index in [0.29, 0.717) is 11.3 Å². The lowest BCUT2D eigenvalue weighted by atomic mass is 9.69. The van der Waals surface area contributed by atoms with Gasteiger partial charge in [-0.1, -0.05) is 39.3 Å². The summed E-state index contributed by atoms with van der Waals surface area (Å²) in [5, 5.41) is 0. The van der Waals surface area contributed by atoms with E-state index >= 15 is 0 Å². The van der Waals surface area contributed by atoms with Crippen LogP contribution in [0.5, 0.6) is 0 Å². The first-order valence-corrected chi connectivity index (χ1v) is 5.34. The second kappa shape index (κ2) is 6.01. The molecule has 0 aliphatic heterocycles. The van der Waals surface area contributed by atoms with Crippen molar-refractivity contribution in [2.75, 3.05) is 0 Å².